The van der Waals surface area contributed by atoms with Crippen molar-refractivity contribution in [2.45, 2.75) is 18.4 Å². The van der Waals surface area contributed by atoms with Gasteiger partial charge in [0.15, 0.2) is 0 Å². The van der Waals surface area contributed by atoms with Crippen LogP contribution in [-0.4, -0.2) is 43.0 Å². The molecule has 0 saturated carbocycles. The van der Waals surface area contributed by atoms with Crippen molar-refractivity contribution in [1.82, 2.24) is 14.4 Å². The number of hydrogen-bond acceptors (Lipinski definition) is 8. The van der Waals surface area contributed by atoms with E-state index in [-0.39, 0.29) is 22.9 Å². The molecule has 142 valence electrons. The van der Waals surface area contributed by atoms with Crippen molar-refractivity contribution in [1.29, 1.82) is 0 Å². The lowest BCUT2D eigenvalue weighted by Gasteiger charge is -2.17. The highest BCUT2D eigenvalue weighted by Crippen LogP contribution is 2.24. The lowest BCUT2D eigenvalue weighted by atomic mass is 10.1. The van der Waals surface area contributed by atoms with E-state index in [0.29, 0.717) is 11.4 Å². The third-order valence-electron chi connectivity index (χ3n) is 3.87. The van der Waals surface area contributed by atoms with Crippen LogP contribution in [0.3, 0.4) is 0 Å². The number of ether oxygens (including phenoxy) is 1. The molecule has 27 heavy (non-hydrogen) atoms. The van der Waals surface area contributed by atoms with Crippen molar-refractivity contribution in [3.63, 3.8) is 0 Å². The Labute approximate surface area is 160 Å². The highest BCUT2D eigenvalue weighted by atomic mass is 32.2. The average molecular weight is 407 g/mol. The first-order chi connectivity index (χ1) is 12.8. The van der Waals surface area contributed by atoms with Gasteiger partial charge in [-0.15, -0.1) is 11.3 Å². The topological polar surface area (TPSA) is 103 Å². The Bertz CT molecular complexity index is 1060. The second-order valence-electron chi connectivity index (χ2n) is 5.72. The van der Waals surface area contributed by atoms with Crippen LogP contribution in [0.1, 0.15) is 21.8 Å². The number of nitrogens with zero attached hydrogens (tertiary/aromatic N) is 3. The predicted molar refractivity (Wildman–Crippen MR) is 98.8 cm³/mol. The summed E-state index contributed by atoms with van der Waals surface area (Å²) in [6.45, 7) is 1.56. The third-order valence-corrected chi connectivity index (χ3v) is 6.68. The molecule has 0 N–H and O–H groups in total. The van der Waals surface area contributed by atoms with Crippen molar-refractivity contribution < 1.29 is 22.5 Å². The minimum absolute atomic E-state index is 0.0193. The normalized spacial score (nSPS) is 11.7. The van der Waals surface area contributed by atoms with E-state index in [9.17, 15) is 13.2 Å². The number of thiophene rings is 1. The number of hydrogen-bond donors (Lipinski definition) is 0. The fourth-order valence-corrected chi connectivity index (χ4v) is 4.41. The fraction of sp³-hybridized carbons (Fsp3) is 0.235. The molecule has 0 atom stereocenters. The van der Waals surface area contributed by atoms with Gasteiger partial charge in [0.05, 0.1) is 29.0 Å². The molecule has 3 aromatic rings. The zero-order valence-electron chi connectivity index (χ0n) is 14.9. The van der Waals surface area contributed by atoms with Crippen molar-refractivity contribution >= 4 is 27.3 Å². The van der Waals surface area contributed by atoms with Gasteiger partial charge in [-0.3, -0.25) is 0 Å². The smallest absolute Gasteiger partial charge is 0.337 e. The average Bonchev–Trinajstić information content (AvgIpc) is 3.32. The molecule has 0 aliphatic heterocycles. The van der Waals surface area contributed by atoms with E-state index in [2.05, 4.69) is 14.9 Å². The minimum Gasteiger partial charge on any atom is -0.465 e. The lowest BCUT2D eigenvalue weighted by molar-refractivity contribution is 0.0600. The van der Waals surface area contributed by atoms with Crippen LogP contribution in [0.2, 0.25) is 0 Å². The fourth-order valence-electron chi connectivity index (χ4n) is 2.39. The van der Waals surface area contributed by atoms with Gasteiger partial charge >= 0.3 is 5.97 Å². The van der Waals surface area contributed by atoms with Gasteiger partial charge in [0.1, 0.15) is 0 Å². The molecule has 0 saturated heterocycles. The van der Waals surface area contributed by atoms with Crippen LogP contribution in [0.5, 0.6) is 0 Å². The Morgan fingerprint density at radius 2 is 2.11 bits per heavy atom. The van der Waals surface area contributed by atoms with Crippen LogP contribution >= 0.6 is 11.3 Å². The van der Waals surface area contributed by atoms with E-state index in [1.165, 1.54) is 37.6 Å². The van der Waals surface area contributed by atoms with Gasteiger partial charge in [0.2, 0.25) is 21.7 Å². The van der Waals surface area contributed by atoms with Crippen LogP contribution in [0.15, 0.2) is 45.1 Å². The summed E-state index contributed by atoms with van der Waals surface area (Å²) in [6, 6.07) is 8.10. The summed E-state index contributed by atoms with van der Waals surface area (Å²) >= 11 is 1.46. The Morgan fingerprint density at radius 3 is 2.78 bits per heavy atom. The number of esters is 1. The third kappa shape index (κ3) is 3.92. The standard InChI is InChI=1S/C17H17N3O5S2/c1-11-6-7-12(17(21)24-3)9-14(11)27(22,23)20(2)10-15-18-16(19-25-15)13-5-4-8-26-13/h4-9H,10H2,1-3H3. The maximum atomic E-state index is 12.9. The van der Waals surface area contributed by atoms with E-state index in [4.69, 9.17) is 4.52 Å². The van der Waals surface area contributed by atoms with Crippen LogP contribution in [0.25, 0.3) is 10.7 Å². The quantitative estimate of drug-likeness (QED) is 0.579. The first-order valence-electron chi connectivity index (χ1n) is 7.84. The summed E-state index contributed by atoms with van der Waals surface area (Å²) in [4.78, 5) is 16.8. The monoisotopic (exact) mass is 407 g/mol. The number of carbonyl (C=O) groups excluding carboxylic acids is 1. The molecule has 0 amide bonds. The molecule has 0 aliphatic carbocycles. The van der Waals surface area contributed by atoms with E-state index in [1.54, 1.807) is 13.0 Å². The molecule has 0 radical (unpaired) electrons. The molecule has 10 heteroatoms. The van der Waals surface area contributed by atoms with Gasteiger partial charge in [-0.1, -0.05) is 17.3 Å². The van der Waals surface area contributed by atoms with Gasteiger partial charge < -0.3 is 9.26 Å². The molecule has 0 spiro atoms. The number of aryl methyl sites for hydroxylation is 1. The van der Waals surface area contributed by atoms with Crippen molar-refractivity contribution in [2.75, 3.05) is 14.2 Å². The van der Waals surface area contributed by atoms with Gasteiger partial charge in [-0.2, -0.15) is 9.29 Å². The van der Waals surface area contributed by atoms with Crippen LogP contribution in [0.4, 0.5) is 0 Å². The second-order valence-corrected chi connectivity index (χ2v) is 8.68. The minimum atomic E-state index is -3.88. The number of rotatable bonds is 6. The Hall–Kier alpha value is -2.56. The largest absolute Gasteiger partial charge is 0.465 e. The van der Waals surface area contributed by atoms with E-state index >= 15 is 0 Å². The molecular weight excluding hydrogens is 390 g/mol. The molecule has 0 bridgehead atoms. The molecule has 8 nitrogen and oxygen atoms in total. The predicted octanol–water partition coefficient (Wildman–Crippen LogP) is 2.71. The Kier molecular flexibility index (Phi) is 5.40. The SMILES string of the molecule is COC(=O)c1ccc(C)c(S(=O)(=O)N(C)Cc2nc(-c3cccs3)no2)c1. The number of aromatic nitrogens is 2. The molecule has 0 unspecified atom stereocenters. The number of sulfonamides is 1. The number of methoxy groups -OCH3 is 1. The van der Waals surface area contributed by atoms with Crippen LogP contribution < -0.4 is 0 Å². The van der Waals surface area contributed by atoms with Crippen molar-refractivity contribution in [3.05, 3.63) is 52.7 Å². The molecule has 2 heterocycles. The molecule has 2 aromatic heterocycles. The number of benzene rings is 1. The van der Waals surface area contributed by atoms with Gasteiger partial charge in [0, 0.05) is 7.05 Å². The summed E-state index contributed by atoms with van der Waals surface area (Å²) in [5, 5.41) is 5.76. The molecular formula is C17H17N3O5S2. The maximum absolute atomic E-state index is 12.9. The maximum Gasteiger partial charge on any atom is 0.337 e. The van der Waals surface area contributed by atoms with E-state index < -0.39 is 16.0 Å². The summed E-state index contributed by atoms with van der Waals surface area (Å²) in [7, 11) is -1.23. The highest BCUT2D eigenvalue weighted by Gasteiger charge is 2.26. The van der Waals surface area contributed by atoms with Crippen LogP contribution in [-0.2, 0) is 21.3 Å². The highest BCUT2D eigenvalue weighted by molar-refractivity contribution is 7.89. The van der Waals surface area contributed by atoms with Crippen LogP contribution in [0, 0.1) is 6.92 Å². The second kappa shape index (κ2) is 7.59. The molecule has 0 fully saturated rings. The van der Waals surface area contributed by atoms with Gasteiger partial charge in [-0.25, -0.2) is 13.2 Å². The van der Waals surface area contributed by atoms with E-state index in [0.717, 1.165) is 9.18 Å². The first-order valence-corrected chi connectivity index (χ1v) is 10.2. The Balaban J connectivity index is 1.86. The van der Waals surface area contributed by atoms with Gasteiger partial charge in [0.25, 0.3) is 0 Å². The molecule has 1 aromatic carbocycles. The molecule has 3 rings (SSSR count). The summed E-state index contributed by atoms with van der Waals surface area (Å²) in [6.07, 6.45) is 0. The zero-order chi connectivity index (χ0) is 19.6. The summed E-state index contributed by atoms with van der Waals surface area (Å²) in [5.74, 6) is -0.0208. The van der Waals surface area contributed by atoms with Crippen molar-refractivity contribution in [2.24, 2.45) is 0 Å². The Morgan fingerprint density at radius 1 is 1.33 bits per heavy atom. The zero-order valence-corrected chi connectivity index (χ0v) is 16.5. The van der Waals surface area contributed by atoms with Gasteiger partial charge in [-0.05, 0) is 36.1 Å². The summed E-state index contributed by atoms with van der Waals surface area (Å²) < 4.78 is 36.8. The first kappa shape index (κ1) is 19.2. The van der Waals surface area contributed by atoms with Crippen molar-refractivity contribution in [3.8, 4) is 10.7 Å². The lowest BCUT2D eigenvalue weighted by Crippen LogP contribution is -2.27. The van der Waals surface area contributed by atoms with E-state index in [1.807, 2.05) is 17.5 Å². The number of carbonyl (C=O) groups is 1. The molecule has 0 aliphatic rings. The summed E-state index contributed by atoms with van der Waals surface area (Å²) in [5.41, 5.74) is 0.673.